The van der Waals surface area contributed by atoms with Crippen LogP contribution in [-0.4, -0.2) is 38.5 Å². The molecule has 0 saturated carbocycles. The SMILES string of the molecule is CCOCc1nc2c(N)nc3ccccc3c2n1CC(C)(C)NC(=O)CCC(=O)NN. The maximum absolute atomic E-state index is 12.4. The third kappa shape index (κ3) is 5.09. The number of ether oxygens (including phenoxy) is 1. The quantitative estimate of drug-likeness (QED) is 0.229. The van der Waals surface area contributed by atoms with Gasteiger partial charge in [-0.15, -0.1) is 0 Å². The number of nitrogens with two attached hydrogens (primary N) is 2. The summed E-state index contributed by atoms with van der Waals surface area (Å²) in [5, 5.41) is 3.91. The summed E-state index contributed by atoms with van der Waals surface area (Å²) in [6.45, 7) is 7.02. The maximum atomic E-state index is 12.4. The lowest BCUT2D eigenvalue weighted by Crippen LogP contribution is -2.47. The van der Waals surface area contributed by atoms with Gasteiger partial charge in [0, 0.05) is 31.4 Å². The molecule has 10 nitrogen and oxygen atoms in total. The number of anilines is 1. The van der Waals surface area contributed by atoms with Crippen molar-refractivity contribution in [2.45, 2.75) is 52.3 Å². The molecule has 0 aliphatic carbocycles. The molecule has 0 spiro atoms. The summed E-state index contributed by atoms with van der Waals surface area (Å²) in [5.41, 5.74) is 9.83. The molecular formula is C21H29N7O3. The fourth-order valence-electron chi connectivity index (χ4n) is 3.55. The Labute approximate surface area is 180 Å². The molecule has 3 rings (SSSR count). The molecule has 0 fully saturated rings. The fourth-order valence-corrected chi connectivity index (χ4v) is 3.55. The van der Waals surface area contributed by atoms with Gasteiger partial charge in [0.05, 0.1) is 16.6 Å². The first-order chi connectivity index (χ1) is 14.8. The highest BCUT2D eigenvalue weighted by Gasteiger charge is 2.26. The van der Waals surface area contributed by atoms with Gasteiger partial charge in [0.2, 0.25) is 11.8 Å². The van der Waals surface area contributed by atoms with Gasteiger partial charge in [0.25, 0.3) is 0 Å². The molecule has 0 saturated heterocycles. The molecule has 0 radical (unpaired) electrons. The Hall–Kier alpha value is -3.24. The normalized spacial score (nSPS) is 11.7. The van der Waals surface area contributed by atoms with Crippen LogP contribution >= 0.6 is 0 Å². The highest BCUT2D eigenvalue weighted by molar-refractivity contribution is 6.06. The Bertz CT molecular complexity index is 1110. The summed E-state index contributed by atoms with van der Waals surface area (Å²) >= 11 is 0. The van der Waals surface area contributed by atoms with Crippen molar-refractivity contribution in [2.75, 3.05) is 12.3 Å². The van der Waals surface area contributed by atoms with E-state index in [0.717, 1.165) is 16.4 Å². The van der Waals surface area contributed by atoms with Gasteiger partial charge >= 0.3 is 0 Å². The number of fused-ring (bicyclic) bond motifs is 3. The van der Waals surface area contributed by atoms with Gasteiger partial charge in [-0.3, -0.25) is 15.0 Å². The van der Waals surface area contributed by atoms with Crippen molar-refractivity contribution in [1.82, 2.24) is 25.3 Å². The number of pyridine rings is 1. The largest absolute Gasteiger partial charge is 0.382 e. The Morgan fingerprint density at radius 2 is 1.87 bits per heavy atom. The fraction of sp³-hybridized carbons (Fsp3) is 0.429. The first-order valence-corrected chi connectivity index (χ1v) is 10.2. The molecule has 3 aromatic rings. The van der Waals surface area contributed by atoms with Crippen LogP contribution in [0.15, 0.2) is 24.3 Å². The number of nitrogen functional groups attached to an aromatic ring is 1. The van der Waals surface area contributed by atoms with Crippen LogP contribution < -0.4 is 22.3 Å². The minimum atomic E-state index is -0.635. The third-order valence-corrected chi connectivity index (χ3v) is 4.90. The van der Waals surface area contributed by atoms with Crippen LogP contribution in [0.1, 0.15) is 39.4 Å². The van der Waals surface area contributed by atoms with Gasteiger partial charge in [-0.05, 0) is 26.8 Å². The van der Waals surface area contributed by atoms with Gasteiger partial charge in [0.1, 0.15) is 17.9 Å². The van der Waals surface area contributed by atoms with Crippen molar-refractivity contribution in [3.05, 3.63) is 30.1 Å². The zero-order valence-corrected chi connectivity index (χ0v) is 18.1. The number of hydrogen-bond acceptors (Lipinski definition) is 7. The topological polar surface area (TPSA) is 150 Å². The number of nitrogens with zero attached hydrogens (tertiary/aromatic N) is 3. The van der Waals surface area contributed by atoms with Crippen LogP contribution in [-0.2, 0) is 27.5 Å². The van der Waals surface area contributed by atoms with Crippen molar-refractivity contribution in [2.24, 2.45) is 5.84 Å². The zero-order chi connectivity index (χ0) is 22.6. The Balaban J connectivity index is 1.99. The van der Waals surface area contributed by atoms with Crippen molar-refractivity contribution in [1.29, 1.82) is 0 Å². The highest BCUT2D eigenvalue weighted by Crippen LogP contribution is 2.30. The van der Waals surface area contributed by atoms with Gasteiger partial charge in [-0.25, -0.2) is 15.8 Å². The molecule has 0 bridgehead atoms. The van der Waals surface area contributed by atoms with Crippen LogP contribution in [0, 0.1) is 0 Å². The van der Waals surface area contributed by atoms with E-state index in [1.54, 1.807) is 0 Å². The van der Waals surface area contributed by atoms with E-state index in [2.05, 4.69) is 10.3 Å². The van der Waals surface area contributed by atoms with E-state index in [9.17, 15) is 9.59 Å². The van der Waals surface area contributed by atoms with Crippen LogP contribution in [0.2, 0.25) is 0 Å². The first-order valence-electron chi connectivity index (χ1n) is 10.2. The van der Waals surface area contributed by atoms with Crippen molar-refractivity contribution >= 4 is 39.6 Å². The third-order valence-electron chi connectivity index (χ3n) is 4.90. The lowest BCUT2D eigenvalue weighted by molar-refractivity contribution is -0.127. The molecule has 31 heavy (non-hydrogen) atoms. The van der Waals surface area contributed by atoms with Gasteiger partial charge in [-0.2, -0.15) is 0 Å². The molecule has 10 heteroatoms. The molecule has 0 aliphatic rings. The molecule has 2 heterocycles. The van der Waals surface area contributed by atoms with Gasteiger partial charge < -0.3 is 20.4 Å². The average Bonchev–Trinajstić information content (AvgIpc) is 3.08. The monoisotopic (exact) mass is 427 g/mol. The van der Waals surface area contributed by atoms with Crippen LogP contribution in [0.3, 0.4) is 0 Å². The minimum Gasteiger partial charge on any atom is -0.382 e. The number of hydrogen-bond donors (Lipinski definition) is 4. The van der Waals surface area contributed by atoms with E-state index < -0.39 is 5.54 Å². The molecule has 6 N–H and O–H groups in total. The van der Waals surface area contributed by atoms with Crippen LogP contribution in [0.5, 0.6) is 0 Å². The predicted octanol–water partition coefficient (Wildman–Crippen LogP) is 1.37. The number of imidazole rings is 1. The maximum Gasteiger partial charge on any atom is 0.234 e. The second kappa shape index (κ2) is 9.27. The predicted molar refractivity (Wildman–Crippen MR) is 119 cm³/mol. The molecule has 0 aliphatic heterocycles. The van der Waals surface area contributed by atoms with E-state index in [0.29, 0.717) is 36.9 Å². The second-order valence-corrected chi connectivity index (χ2v) is 7.96. The van der Waals surface area contributed by atoms with E-state index in [1.165, 1.54) is 0 Å². The van der Waals surface area contributed by atoms with Gasteiger partial charge in [-0.1, -0.05) is 18.2 Å². The van der Waals surface area contributed by atoms with E-state index in [-0.39, 0.29) is 24.7 Å². The van der Waals surface area contributed by atoms with Crippen molar-refractivity contribution in [3.8, 4) is 0 Å². The van der Waals surface area contributed by atoms with E-state index in [1.807, 2.05) is 55.0 Å². The Morgan fingerprint density at radius 3 is 2.58 bits per heavy atom. The first kappa shape index (κ1) is 22.4. The smallest absolute Gasteiger partial charge is 0.234 e. The van der Waals surface area contributed by atoms with Crippen LogP contribution in [0.4, 0.5) is 5.82 Å². The average molecular weight is 428 g/mol. The lowest BCUT2D eigenvalue weighted by Gasteiger charge is -2.28. The highest BCUT2D eigenvalue weighted by atomic mass is 16.5. The number of aromatic nitrogens is 3. The summed E-state index contributed by atoms with van der Waals surface area (Å²) < 4.78 is 7.65. The summed E-state index contributed by atoms with van der Waals surface area (Å²) in [6, 6.07) is 7.72. The molecule has 2 amide bonds. The number of amides is 2. The number of nitrogens with one attached hydrogen (secondary N) is 2. The summed E-state index contributed by atoms with van der Waals surface area (Å²) in [7, 11) is 0. The van der Waals surface area contributed by atoms with E-state index >= 15 is 0 Å². The van der Waals surface area contributed by atoms with E-state index in [4.69, 9.17) is 21.3 Å². The number of para-hydroxylation sites is 1. The Morgan fingerprint density at radius 1 is 1.16 bits per heavy atom. The molecule has 2 aromatic heterocycles. The number of rotatable bonds is 9. The van der Waals surface area contributed by atoms with Crippen molar-refractivity contribution in [3.63, 3.8) is 0 Å². The minimum absolute atomic E-state index is 0.0227. The van der Waals surface area contributed by atoms with Crippen molar-refractivity contribution < 1.29 is 14.3 Å². The summed E-state index contributed by atoms with van der Waals surface area (Å²) in [5.74, 6) is 5.49. The molecule has 0 atom stereocenters. The number of carbonyl (C=O) groups excluding carboxylic acids is 2. The molecular weight excluding hydrogens is 398 g/mol. The number of hydrazine groups is 1. The molecule has 1 aromatic carbocycles. The summed E-state index contributed by atoms with van der Waals surface area (Å²) in [6.07, 6.45) is 0.0671. The van der Waals surface area contributed by atoms with Gasteiger partial charge in [0.15, 0.2) is 5.82 Å². The molecule has 166 valence electrons. The Kier molecular flexibility index (Phi) is 6.71. The van der Waals surface area contributed by atoms with Crippen LogP contribution in [0.25, 0.3) is 21.9 Å². The zero-order valence-electron chi connectivity index (χ0n) is 18.1. The lowest BCUT2D eigenvalue weighted by atomic mass is 10.0. The number of benzene rings is 1. The second-order valence-electron chi connectivity index (χ2n) is 7.96. The standard InChI is InChI=1S/C21H29N7O3/c1-4-31-11-15-25-18-19(13-7-5-6-8-14(13)24-20(18)22)28(15)12-21(2,3)26-16(29)9-10-17(30)27-23/h5-8H,4,9-12,23H2,1-3H3,(H2,22,24)(H,26,29)(H,27,30). The number of carbonyl (C=O) groups is 2. The summed E-state index contributed by atoms with van der Waals surface area (Å²) in [4.78, 5) is 32.9. The molecule has 0 unspecified atom stereocenters.